The van der Waals surface area contributed by atoms with Crippen LogP contribution in [-0.2, 0) is 4.74 Å². The number of carbonyl (C=O) groups is 1. The Bertz CT molecular complexity index is 711. The molecule has 2 atom stereocenters. The molecule has 2 aromatic rings. The number of aliphatic hydroxyl groups is 1. The highest BCUT2D eigenvalue weighted by molar-refractivity contribution is 5.82. The molecular formula is C17H21NO4. The van der Waals surface area contributed by atoms with Crippen molar-refractivity contribution in [3.63, 3.8) is 0 Å². The highest BCUT2D eigenvalue weighted by Crippen LogP contribution is 2.35. The molecule has 1 amide bonds. The van der Waals surface area contributed by atoms with E-state index in [1.165, 1.54) is 0 Å². The third-order valence-corrected chi connectivity index (χ3v) is 3.98. The van der Waals surface area contributed by atoms with Crippen LogP contribution in [0.3, 0.4) is 0 Å². The van der Waals surface area contributed by atoms with Gasteiger partial charge in [0.2, 0.25) is 0 Å². The van der Waals surface area contributed by atoms with Gasteiger partial charge >= 0.3 is 6.09 Å². The number of para-hydroxylation sites is 1. The summed E-state index contributed by atoms with van der Waals surface area (Å²) in [6.45, 7) is 8.09. The summed E-state index contributed by atoms with van der Waals surface area (Å²) < 4.78 is 11.3. The molecule has 0 aliphatic carbocycles. The summed E-state index contributed by atoms with van der Waals surface area (Å²) in [6.07, 6.45) is -1.35. The molecule has 0 unspecified atom stereocenters. The van der Waals surface area contributed by atoms with Crippen molar-refractivity contribution >= 4 is 17.1 Å². The SMILES string of the molecule is C[C@H](O)c1cccc2cc([C@H]3CN(C(C)(C)C)C(=O)O3)oc12. The average molecular weight is 303 g/mol. The van der Waals surface area contributed by atoms with Crippen LogP contribution in [0, 0.1) is 0 Å². The number of furan rings is 1. The van der Waals surface area contributed by atoms with E-state index in [-0.39, 0.29) is 11.6 Å². The first kappa shape index (κ1) is 14.9. The Morgan fingerprint density at radius 3 is 2.68 bits per heavy atom. The highest BCUT2D eigenvalue weighted by atomic mass is 16.6. The van der Waals surface area contributed by atoms with Gasteiger partial charge in [-0.05, 0) is 33.8 Å². The average Bonchev–Trinajstić information content (AvgIpc) is 3.00. The molecular weight excluding hydrogens is 282 g/mol. The number of benzene rings is 1. The van der Waals surface area contributed by atoms with Crippen molar-refractivity contribution in [2.24, 2.45) is 0 Å². The third kappa shape index (κ3) is 2.46. The summed E-state index contributed by atoms with van der Waals surface area (Å²) >= 11 is 0. The molecule has 1 fully saturated rings. The maximum atomic E-state index is 12.0. The first-order chi connectivity index (χ1) is 10.3. The quantitative estimate of drug-likeness (QED) is 0.917. The van der Waals surface area contributed by atoms with Gasteiger partial charge in [0.05, 0.1) is 12.6 Å². The summed E-state index contributed by atoms with van der Waals surface area (Å²) in [7, 11) is 0. The second-order valence-corrected chi connectivity index (χ2v) is 6.74. The Morgan fingerprint density at radius 2 is 2.09 bits per heavy atom. The zero-order valence-corrected chi connectivity index (χ0v) is 13.3. The van der Waals surface area contributed by atoms with Crippen molar-refractivity contribution in [1.82, 2.24) is 4.90 Å². The number of amides is 1. The van der Waals surface area contributed by atoms with Gasteiger partial charge in [-0.1, -0.05) is 18.2 Å². The molecule has 1 aliphatic rings. The van der Waals surface area contributed by atoms with Crippen LogP contribution < -0.4 is 0 Å². The van der Waals surface area contributed by atoms with Crippen molar-refractivity contribution in [2.75, 3.05) is 6.54 Å². The number of nitrogens with zero attached hydrogens (tertiary/aromatic N) is 1. The Balaban J connectivity index is 1.95. The van der Waals surface area contributed by atoms with E-state index in [1.54, 1.807) is 11.8 Å². The van der Waals surface area contributed by atoms with Crippen molar-refractivity contribution in [1.29, 1.82) is 0 Å². The van der Waals surface area contributed by atoms with E-state index < -0.39 is 12.2 Å². The minimum absolute atomic E-state index is 0.289. The van der Waals surface area contributed by atoms with Gasteiger partial charge in [0.15, 0.2) is 6.10 Å². The van der Waals surface area contributed by atoms with Crippen molar-refractivity contribution < 1.29 is 19.1 Å². The highest BCUT2D eigenvalue weighted by Gasteiger charge is 2.40. The second-order valence-electron chi connectivity index (χ2n) is 6.74. The molecule has 5 heteroatoms. The van der Waals surface area contributed by atoms with Crippen LogP contribution in [0.25, 0.3) is 11.0 Å². The van der Waals surface area contributed by atoms with Crippen molar-refractivity contribution in [3.05, 3.63) is 35.6 Å². The van der Waals surface area contributed by atoms with Gasteiger partial charge in [0.25, 0.3) is 0 Å². The molecule has 1 saturated heterocycles. The predicted molar refractivity (Wildman–Crippen MR) is 82.5 cm³/mol. The standard InChI is InChI=1S/C17H21NO4/c1-10(19)12-7-5-6-11-8-13(21-15(11)12)14-9-18(16(20)22-14)17(2,3)4/h5-8,10,14,19H,9H2,1-4H3/t10-,14+/m0/s1. The van der Waals surface area contributed by atoms with Crippen LogP contribution in [0.2, 0.25) is 0 Å². The number of aliphatic hydroxyl groups excluding tert-OH is 1. The minimum atomic E-state index is -0.611. The van der Waals surface area contributed by atoms with E-state index in [0.29, 0.717) is 17.9 Å². The molecule has 0 radical (unpaired) electrons. The molecule has 1 aromatic carbocycles. The number of hydrogen-bond acceptors (Lipinski definition) is 4. The Labute approximate surface area is 129 Å². The minimum Gasteiger partial charge on any atom is -0.457 e. The van der Waals surface area contributed by atoms with Gasteiger partial charge in [-0.15, -0.1) is 0 Å². The molecule has 1 N–H and O–H groups in total. The van der Waals surface area contributed by atoms with E-state index >= 15 is 0 Å². The Hall–Kier alpha value is -2.01. The predicted octanol–water partition coefficient (Wildman–Crippen LogP) is 3.78. The van der Waals surface area contributed by atoms with E-state index in [1.807, 2.05) is 45.0 Å². The van der Waals surface area contributed by atoms with E-state index in [0.717, 1.165) is 10.9 Å². The maximum Gasteiger partial charge on any atom is 0.411 e. The van der Waals surface area contributed by atoms with E-state index in [9.17, 15) is 9.90 Å². The Morgan fingerprint density at radius 1 is 1.36 bits per heavy atom. The third-order valence-electron chi connectivity index (χ3n) is 3.98. The van der Waals surface area contributed by atoms with Crippen LogP contribution in [0.5, 0.6) is 0 Å². The van der Waals surface area contributed by atoms with Crippen LogP contribution in [-0.4, -0.2) is 28.2 Å². The fraction of sp³-hybridized carbons (Fsp3) is 0.471. The molecule has 0 saturated carbocycles. The topological polar surface area (TPSA) is 62.9 Å². The van der Waals surface area contributed by atoms with Crippen LogP contribution in [0.4, 0.5) is 4.79 Å². The smallest absolute Gasteiger partial charge is 0.411 e. The lowest BCUT2D eigenvalue weighted by Gasteiger charge is -2.28. The van der Waals surface area contributed by atoms with Gasteiger partial charge in [-0.3, -0.25) is 4.90 Å². The molecule has 1 aromatic heterocycles. The van der Waals surface area contributed by atoms with Gasteiger partial charge in [0, 0.05) is 16.5 Å². The lowest BCUT2D eigenvalue weighted by atomic mass is 10.1. The lowest BCUT2D eigenvalue weighted by molar-refractivity contribution is 0.114. The number of cyclic esters (lactones) is 1. The molecule has 0 bridgehead atoms. The van der Waals surface area contributed by atoms with Gasteiger partial charge in [0.1, 0.15) is 11.3 Å². The summed E-state index contributed by atoms with van der Waals surface area (Å²) in [5, 5.41) is 10.7. The first-order valence-electron chi connectivity index (χ1n) is 7.46. The maximum absolute atomic E-state index is 12.0. The van der Waals surface area contributed by atoms with E-state index in [4.69, 9.17) is 9.15 Å². The van der Waals surface area contributed by atoms with Crippen LogP contribution in [0.1, 0.15) is 51.2 Å². The van der Waals surface area contributed by atoms with Crippen LogP contribution in [0.15, 0.2) is 28.7 Å². The number of carbonyl (C=O) groups excluding carboxylic acids is 1. The molecule has 22 heavy (non-hydrogen) atoms. The molecule has 3 rings (SSSR count). The monoisotopic (exact) mass is 303 g/mol. The fourth-order valence-electron chi connectivity index (χ4n) is 2.75. The second kappa shape index (κ2) is 5.02. The summed E-state index contributed by atoms with van der Waals surface area (Å²) in [5.41, 5.74) is 1.10. The normalized spacial score (nSPS) is 20.5. The zero-order chi connectivity index (χ0) is 16.1. The molecule has 118 valence electrons. The number of rotatable bonds is 2. The van der Waals surface area contributed by atoms with Crippen molar-refractivity contribution in [2.45, 2.75) is 45.4 Å². The largest absolute Gasteiger partial charge is 0.457 e. The zero-order valence-electron chi connectivity index (χ0n) is 13.3. The molecule has 2 heterocycles. The number of hydrogen-bond donors (Lipinski definition) is 1. The van der Waals surface area contributed by atoms with Crippen LogP contribution >= 0.6 is 0 Å². The fourth-order valence-corrected chi connectivity index (χ4v) is 2.75. The number of fused-ring (bicyclic) bond motifs is 1. The van der Waals surface area contributed by atoms with E-state index in [2.05, 4.69) is 0 Å². The summed E-state index contributed by atoms with van der Waals surface area (Å²) in [6, 6.07) is 7.52. The van der Waals surface area contributed by atoms with Gasteiger partial charge < -0.3 is 14.3 Å². The number of ether oxygens (including phenoxy) is 1. The molecule has 0 spiro atoms. The summed E-state index contributed by atoms with van der Waals surface area (Å²) in [5.74, 6) is 0.614. The first-order valence-corrected chi connectivity index (χ1v) is 7.46. The summed E-state index contributed by atoms with van der Waals surface area (Å²) in [4.78, 5) is 13.7. The molecule has 5 nitrogen and oxygen atoms in total. The van der Waals surface area contributed by atoms with Gasteiger partial charge in [-0.25, -0.2) is 4.79 Å². The van der Waals surface area contributed by atoms with Gasteiger partial charge in [-0.2, -0.15) is 0 Å². The van der Waals surface area contributed by atoms with Crippen molar-refractivity contribution in [3.8, 4) is 0 Å². The lowest BCUT2D eigenvalue weighted by Crippen LogP contribution is -2.41. The Kier molecular flexibility index (Phi) is 3.40. The molecule has 1 aliphatic heterocycles.